The van der Waals surface area contributed by atoms with Crippen LogP contribution in [0.5, 0.6) is 0 Å². The first-order valence-corrected chi connectivity index (χ1v) is 6.94. The molecule has 106 valence electrons. The van der Waals surface area contributed by atoms with E-state index in [2.05, 4.69) is 4.72 Å². The van der Waals surface area contributed by atoms with Crippen molar-refractivity contribution in [2.45, 2.75) is 6.92 Å². The highest BCUT2D eigenvalue weighted by molar-refractivity contribution is 7.89. The highest BCUT2D eigenvalue weighted by Crippen LogP contribution is 1.88. The average Bonchev–Trinajstić information content (AvgIpc) is 2.25. The third kappa shape index (κ3) is 7.98. The first-order chi connectivity index (χ1) is 8.28. The summed E-state index contributed by atoms with van der Waals surface area (Å²) in [7, 11) is -2.30. The fourth-order valence-corrected chi connectivity index (χ4v) is 1.81. The van der Waals surface area contributed by atoms with Gasteiger partial charge in [-0.1, -0.05) is 0 Å². The number of carbonyl (C=O) groups is 2. The second-order valence-electron chi connectivity index (χ2n) is 3.48. The quantitative estimate of drug-likeness (QED) is 0.497. The molecule has 1 amide bonds. The maximum absolute atomic E-state index is 11.4. The van der Waals surface area contributed by atoms with E-state index in [1.807, 2.05) is 0 Å². The molecule has 0 rings (SSSR count). The van der Waals surface area contributed by atoms with Crippen molar-refractivity contribution in [2.24, 2.45) is 0 Å². The number of carboxylic acids is 1. The maximum atomic E-state index is 11.4. The predicted molar refractivity (Wildman–Crippen MR) is 63.6 cm³/mol. The van der Waals surface area contributed by atoms with E-state index in [-0.39, 0.29) is 12.4 Å². The van der Waals surface area contributed by atoms with Gasteiger partial charge in [-0.25, -0.2) is 13.1 Å². The first kappa shape index (κ1) is 16.8. The van der Waals surface area contributed by atoms with E-state index >= 15 is 0 Å². The molecule has 0 aliphatic rings. The van der Waals surface area contributed by atoms with Gasteiger partial charge in [-0.2, -0.15) is 0 Å². The molecular weight excluding hydrogens is 264 g/mol. The second-order valence-corrected chi connectivity index (χ2v) is 5.41. The monoisotopic (exact) mass is 282 g/mol. The Bertz CT molecular complexity index is 381. The molecule has 0 aliphatic carbocycles. The van der Waals surface area contributed by atoms with Crippen LogP contribution in [0.4, 0.5) is 0 Å². The van der Waals surface area contributed by atoms with Crippen molar-refractivity contribution in [1.29, 1.82) is 0 Å². The summed E-state index contributed by atoms with van der Waals surface area (Å²) in [6.07, 6.45) is 0. The van der Waals surface area contributed by atoms with Crippen LogP contribution in [0.3, 0.4) is 0 Å². The van der Waals surface area contributed by atoms with Gasteiger partial charge in [0, 0.05) is 13.7 Å². The number of amides is 1. The molecule has 0 bridgehead atoms. The zero-order chi connectivity index (χ0) is 14.2. The normalized spacial score (nSPS) is 11.2. The van der Waals surface area contributed by atoms with Gasteiger partial charge >= 0.3 is 5.97 Å². The zero-order valence-corrected chi connectivity index (χ0v) is 11.2. The number of sulfonamides is 1. The SMILES string of the molecule is CCOCCS(=O)(=O)NCC(=O)N(C)CC(=O)O. The number of hydrogen-bond acceptors (Lipinski definition) is 5. The smallest absolute Gasteiger partial charge is 0.323 e. The highest BCUT2D eigenvalue weighted by atomic mass is 32.2. The number of nitrogens with zero attached hydrogens (tertiary/aromatic N) is 1. The van der Waals surface area contributed by atoms with Gasteiger partial charge < -0.3 is 14.7 Å². The minimum absolute atomic E-state index is 0.0466. The molecular formula is C9H18N2O6S. The Kier molecular flexibility index (Phi) is 7.48. The van der Waals surface area contributed by atoms with E-state index in [1.165, 1.54) is 7.05 Å². The minimum atomic E-state index is -3.58. The van der Waals surface area contributed by atoms with Crippen LogP contribution in [0.2, 0.25) is 0 Å². The average molecular weight is 282 g/mol. The van der Waals surface area contributed by atoms with Gasteiger partial charge in [-0.05, 0) is 6.92 Å². The Balaban J connectivity index is 4.07. The van der Waals surface area contributed by atoms with Crippen LogP contribution in [0.1, 0.15) is 6.92 Å². The van der Waals surface area contributed by atoms with Gasteiger partial charge in [0.05, 0.1) is 18.9 Å². The molecule has 0 fully saturated rings. The molecule has 0 unspecified atom stereocenters. The van der Waals surface area contributed by atoms with Crippen molar-refractivity contribution < 1.29 is 27.9 Å². The first-order valence-electron chi connectivity index (χ1n) is 5.29. The van der Waals surface area contributed by atoms with Crippen LogP contribution in [-0.4, -0.2) is 69.4 Å². The van der Waals surface area contributed by atoms with E-state index in [4.69, 9.17) is 9.84 Å². The predicted octanol–water partition coefficient (Wildman–Crippen LogP) is -1.51. The third-order valence-corrected chi connectivity index (χ3v) is 3.23. The molecule has 0 aliphatic heterocycles. The molecule has 0 saturated carbocycles. The van der Waals surface area contributed by atoms with Crippen molar-refractivity contribution in [3.05, 3.63) is 0 Å². The summed E-state index contributed by atoms with van der Waals surface area (Å²) in [5, 5.41) is 8.46. The van der Waals surface area contributed by atoms with Gasteiger partial charge in [0.2, 0.25) is 15.9 Å². The minimum Gasteiger partial charge on any atom is -0.480 e. The van der Waals surface area contributed by atoms with E-state index in [0.717, 1.165) is 4.90 Å². The van der Waals surface area contributed by atoms with Gasteiger partial charge in [0.1, 0.15) is 6.54 Å². The van der Waals surface area contributed by atoms with Crippen molar-refractivity contribution in [2.75, 3.05) is 39.1 Å². The van der Waals surface area contributed by atoms with E-state index < -0.39 is 35.0 Å². The summed E-state index contributed by atoms with van der Waals surface area (Å²) >= 11 is 0. The van der Waals surface area contributed by atoms with E-state index in [0.29, 0.717) is 6.61 Å². The lowest BCUT2D eigenvalue weighted by atomic mass is 10.5. The molecule has 0 radical (unpaired) electrons. The van der Waals surface area contributed by atoms with Crippen LogP contribution in [-0.2, 0) is 24.3 Å². The maximum Gasteiger partial charge on any atom is 0.323 e. The number of rotatable bonds is 9. The summed E-state index contributed by atoms with van der Waals surface area (Å²) in [6, 6.07) is 0. The lowest BCUT2D eigenvalue weighted by Gasteiger charge is -2.14. The summed E-state index contributed by atoms with van der Waals surface area (Å²) < 4.78 is 29.7. The molecule has 0 aromatic heterocycles. The number of likely N-dealkylation sites (N-methyl/N-ethyl adjacent to an activating group) is 1. The van der Waals surface area contributed by atoms with Crippen molar-refractivity contribution >= 4 is 21.9 Å². The number of nitrogens with one attached hydrogen (secondary N) is 1. The van der Waals surface area contributed by atoms with E-state index in [9.17, 15) is 18.0 Å². The molecule has 2 N–H and O–H groups in total. The summed E-state index contributed by atoms with van der Waals surface area (Å²) in [4.78, 5) is 22.6. The zero-order valence-electron chi connectivity index (χ0n) is 10.4. The van der Waals surface area contributed by atoms with Crippen LogP contribution < -0.4 is 4.72 Å². The fraction of sp³-hybridized carbons (Fsp3) is 0.778. The van der Waals surface area contributed by atoms with Gasteiger partial charge in [0.25, 0.3) is 0 Å². The van der Waals surface area contributed by atoms with Crippen molar-refractivity contribution in [3.63, 3.8) is 0 Å². The Hall–Kier alpha value is -1.19. The van der Waals surface area contributed by atoms with Crippen LogP contribution in [0.25, 0.3) is 0 Å². The number of carboxylic acid groups (broad SMARTS) is 1. The Labute approximate surface area is 106 Å². The molecule has 8 nitrogen and oxygen atoms in total. The number of aliphatic carboxylic acids is 1. The molecule has 0 atom stereocenters. The standard InChI is InChI=1S/C9H18N2O6S/c1-3-17-4-5-18(15,16)10-6-8(12)11(2)7-9(13)14/h10H,3-7H2,1-2H3,(H,13,14). The Morgan fingerprint density at radius 2 is 2.00 bits per heavy atom. The number of hydrogen-bond donors (Lipinski definition) is 2. The lowest BCUT2D eigenvalue weighted by Crippen LogP contribution is -2.41. The number of carbonyl (C=O) groups excluding carboxylic acids is 1. The molecule has 0 spiro atoms. The topological polar surface area (TPSA) is 113 Å². The van der Waals surface area contributed by atoms with Gasteiger partial charge in [0.15, 0.2) is 0 Å². The third-order valence-electron chi connectivity index (χ3n) is 1.94. The Morgan fingerprint density at radius 1 is 1.39 bits per heavy atom. The van der Waals surface area contributed by atoms with Crippen LogP contribution >= 0.6 is 0 Å². The molecule has 0 saturated heterocycles. The molecule has 0 aromatic carbocycles. The van der Waals surface area contributed by atoms with Gasteiger partial charge in [-0.3, -0.25) is 9.59 Å². The second kappa shape index (κ2) is 8.01. The molecule has 9 heteroatoms. The van der Waals surface area contributed by atoms with Crippen molar-refractivity contribution in [1.82, 2.24) is 9.62 Å². The summed E-state index contributed by atoms with van der Waals surface area (Å²) in [5.74, 6) is -2.01. The highest BCUT2D eigenvalue weighted by Gasteiger charge is 2.16. The molecule has 0 heterocycles. The largest absolute Gasteiger partial charge is 0.480 e. The summed E-state index contributed by atoms with van der Waals surface area (Å²) in [5.41, 5.74) is 0. The van der Waals surface area contributed by atoms with E-state index in [1.54, 1.807) is 6.92 Å². The lowest BCUT2D eigenvalue weighted by molar-refractivity contribution is -0.143. The number of ether oxygens (including phenoxy) is 1. The molecule has 0 aromatic rings. The van der Waals surface area contributed by atoms with Crippen molar-refractivity contribution in [3.8, 4) is 0 Å². The van der Waals surface area contributed by atoms with Crippen LogP contribution in [0.15, 0.2) is 0 Å². The van der Waals surface area contributed by atoms with Crippen LogP contribution in [0, 0.1) is 0 Å². The molecule has 18 heavy (non-hydrogen) atoms. The summed E-state index contributed by atoms with van der Waals surface area (Å²) in [6.45, 7) is 1.27. The Morgan fingerprint density at radius 3 is 2.50 bits per heavy atom. The van der Waals surface area contributed by atoms with Gasteiger partial charge in [-0.15, -0.1) is 0 Å². The fourth-order valence-electron chi connectivity index (χ4n) is 0.983.